The molecule has 2 fully saturated rings. The van der Waals surface area contributed by atoms with E-state index in [1.165, 1.54) is 0 Å². The van der Waals surface area contributed by atoms with Crippen LogP contribution in [-0.2, 0) is 16.1 Å². The van der Waals surface area contributed by atoms with Crippen molar-refractivity contribution in [3.8, 4) is 0 Å². The molecule has 1 aliphatic carbocycles. The Morgan fingerprint density at radius 2 is 1.70 bits per heavy atom. The molecule has 3 atom stereocenters. The van der Waals surface area contributed by atoms with Crippen LogP contribution >= 0.6 is 0 Å². The van der Waals surface area contributed by atoms with Gasteiger partial charge in [0.1, 0.15) is 6.10 Å². The Labute approximate surface area is 135 Å². The van der Waals surface area contributed by atoms with E-state index in [2.05, 4.69) is 0 Å². The maximum absolute atomic E-state index is 12.6. The largest absolute Gasteiger partial charge is 0.392 e. The van der Waals surface area contributed by atoms with Gasteiger partial charge in [-0.15, -0.1) is 0 Å². The number of carbonyl (C=O) groups excluding carboxylic acids is 2. The lowest BCUT2D eigenvalue weighted by atomic mass is 9.79. The summed E-state index contributed by atoms with van der Waals surface area (Å²) in [6.07, 6.45) is 2.53. The van der Waals surface area contributed by atoms with Crippen LogP contribution < -0.4 is 0 Å². The summed E-state index contributed by atoms with van der Waals surface area (Å²) < 4.78 is 0. The fourth-order valence-corrected chi connectivity index (χ4v) is 3.76. The van der Waals surface area contributed by atoms with Gasteiger partial charge in [-0.2, -0.15) is 0 Å². The zero-order chi connectivity index (χ0) is 16.4. The van der Waals surface area contributed by atoms with Crippen LogP contribution in [0.3, 0.4) is 0 Å². The number of rotatable bonds is 4. The number of aliphatic hydroxyl groups is 2. The molecule has 3 rings (SSSR count). The van der Waals surface area contributed by atoms with E-state index in [1.807, 2.05) is 30.3 Å². The van der Waals surface area contributed by atoms with E-state index in [-0.39, 0.29) is 12.5 Å². The molecule has 0 unspecified atom stereocenters. The second kappa shape index (κ2) is 6.81. The van der Waals surface area contributed by atoms with Gasteiger partial charge in [0.15, 0.2) is 0 Å². The Kier molecular flexibility index (Phi) is 4.78. The second-order valence-corrected chi connectivity index (χ2v) is 6.61. The lowest BCUT2D eigenvalue weighted by Crippen LogP contribution is -2.40. The SMILES string of the molecule is O=C1[C@@H]([C@H](O)C2CCCCC2)[C@H](O)C(=O)N1Cc1ccccc1. The Hall–Kier alpha value is -1.72. The first kappa shape index (κ1) is 16.1. The summed E-state index contributed by atoms with van der Waals surface area (Å²) in [5.41, 5.74) is 0.828. The highest BCUT2D eigenvalue weighted by Gasteiger charge is 2.51. The van der Waals surface area contributed by atoms with Crippen LogP contribution in [0.1, 0.15) is 37.7 Å². The van der Waals surface area contributed by atoms with Gasteiger partial charge >= 0.3 is 0 Å². The number of hydrogen-bond donors (Lipinski definition) is 2. The van der Waals surface area contributed by atoms with Gasteiger partial charge in [-0.3, -0.25) is 14.5 Å². The topological polar surface area (TPSA) is 77.8 Å². The highest BCUT2D eigenvalue weighted by Crippen LogP contribution is 2.34. The maximum atomic E-state index is 12.6. The molecule has 5 nitrogen and oxygen atoms in total. The molecule has 124 valence electrons. The molecule has 1 aromatic carbocycles. The predicted molar refractivity (Wildman–Crippen MR) is 84.1 cm³/mol. The summed E-state index contributed by atoms with van der Waals surface area (Å²) >= 11 is 0. The van der Waals surface area contributed by atoms with E-state index >= 15 is 0 Å². The molecule has 1 saturated heterocycles. The van der Waals surface area contributed by atoms with Gasteiger partial charge in [0.05, 0.1) is 18.6 Å². The zero-order valence-electron chi connectivity index (χ0n) is 13.1. The number of aliphatic hydroxyl groups excluding tert-OH is 2. The predicted octanol–water partition coefficient (Wildman–Crippen LogP) is 1.47. The molecule has 2 aliphatic rings. The van der Waals surface area contributed by atoms with Crippen molar-refractivity contribution < 1.29 is 19.8 Å². The van der Waals surface area contributed by atoms with Gasteiger partial charge in [0.25, 0.3) is 5.91 Å². The van der Waals surface area contributed by atoms with Crippen molar-refractivity contribution in [1.82, 2.24) is 4.90 Å². The molecule has 2 amide bonds. The number of nitrogens with zero attached hydrogens (tertiary/aromatic N) is 1. The van der Waals surface area contributed by atoms with E-state index in [0.717, 1.165) is 42.6 Å². The fraction of sp³-hybridized carbons (Fsp3) is 0.556. The minimum Gasteiger partial charge on any atom is -0.392 e. The average Bonchev–Trinajstić information content (AvgIpc) is 2.80. The van der Waals surface area contributed by atoms with E-state index in [0.29, 0.717) is 0 Å². The highest BCUT2D eigenvalue weighted by molar-refractivity contribution is 6.06. The third kappa shape index (κ3) is 3.16. The number of amides is 2. The number of carbonyl (C=O) groups is 2. The first-order valence-corrected chi connectivity index (χ1v) is 8.35. The molecule has 1 heterocycles. The number of imide groups is 1. The van der Waals surface area contributed by atoms with Crippen LogP contribution in [0.5, 0.6) is 0 Å². The van der Waals surface area contributed by atoms with Crippen LogP contribution in [0.25, 0.3) is 0 Å². The Balaban J connectivity index is 1.75. The van der Waals surface area contributed by atoms with Crippen molar-refractivity contribution in [2.45, 2.75) is 50.9 Å². The average molecular weight is 317 g/mol. The third-order valence-electron chi connectivity index (χ3n) is 5.09. The number of benzene rings is 1. The van der Waals surface area contributed by atoms with Gasteiger partial charge in [-0.25, -0.2) is 0 Å². The molecule has 1 aromatic rings. The third-order valence-corrected chi connectivity index (χ3v) is 5.09. The summed E-state index contributed by atoms with van der Waals surface area (Å²) in [5.74, 6) is -2.07. The van der Waals surface area contributed by atoms with Crippen molar-refractivity contribution in [3.05, 3.63) is 35.9 Å². The summed E-state index contributed by atoms with van der Waals surface area (Å²) in [7, 11) is 0. The molecule has 0 aromatic heterocycles. The molecule has 0 radical (unpaired) electrons. The van der Waals surface area contributed by atoms with Crippen molar-refractivity contribution in [2.75, 3.05) is 0 Å². The van der Waals surface area contributed by atoms with Crippen LogP contribution in [0.15, 0.2) is 30.3 Å². The molecule has 2 N–H and O–H groups in total. The first-order chi connectivity index (χ1) is 11.1. The summed E-state index contributed by atoms with van der Waals surface area (Å²) in [6.45, 7) is 0.142. The molecular formula is C18H23NO4. The zero-order valence-corrected chi connectivity index (χ0v) is 13.1. The van der Waals surface area contributed by atoms with Gasteiger partial charge < -0.3 is 10.2 Å². The van der Waals surface area contributed by atoms with Crippen molar-refractivity contribution in [2.24, 2.45) is 11.8 Å². The molecule has 1 aliphatic heterocycles. The van der Waals surface area contributed by atoms with Crippen LogP contribution in [-0.4, -0.2) is 39.1 Å². The Bertz CT molecular complexity index is 568. The van der Waals surface area contributed by atoms with E-state index in [1.54, 1.807) is 0 Å². The van der Waals surface area contributed by atoms with E-state index < -0.39 is 29.9 Å². The number of hydrogen-bond acceptors (Lipinski definition) is 4. The normalized spacial score (nSPS) is 27.5. The van der Waals surface area contributed by atoms with Gasteiger partial charge in [-0.05, 0) is 24.3 Å². The molecule has 0 spiro atoms. The van der Waals surface area contributed by atoms with Crippen LogP contribution in [0.4, 0.5) is 0 Å². The molecule has 5 heteroatoms. The first-order valence-electron chi connectivity index (χ1n) is 8.35. The minimum atomic E-state index is -1.43. The smallest absolute Gasteiger partial charge is 0.259 e. The molecule has 1 saturated carbocycles. The second-order valence-electron chi connectivity index (χ2n) is 6.61. The fourth-order valence-electron chi connectivity index (χ4n) is 3.76. The lowest BCUT2D eigenvalue weighted by Gasteiger charge is -2.30. The molecule has 23 heavy (non-hydrogen) atoms. The number of likely N-dealkylation sites (tertiary alicyclic amines) is 1. The quantitative estimate of drug-likeness (QED) is 0.825. The standard InChI is InChI=1S/C18H23NO4/c20-15(13-9-5-2-6-10-13)14-16(21)18(23)19(17(14)22)11-12-7-3-1-4-8-12/h1,3-4,7-8,13-16,20-21H,2,5-6,9-11H2/t14-,15+,16-/m0/s1. The van der Waals surface area contributed by atoms with E-state index in [9.17, 15) is 19.8 Å². The lowest BCUT2D eigenvalue weighted by molar-refractivity contribution is -0.142. The summed E-state index contributed by atoms with van der Waals surface area (Å²) in [4.78, 5) is 25.9. The van der Waals surface area contributed by atoms with Gasteiger partial charge in [0, 0.05) is 0 Å². The monoisotopic (exact) mass is 317 g/mol. The summed E-state index contributed by atoms with van der Waals surface area (Å²) in [6, 6.07) is 9.20. The van der Waals surface area contributed by atoms with Gasteiger partial charge in [-0.1, -0.05) is 49.6 Å². The maximum Gasteiger partial charge on any atom is 0.259 e. The van der Waals surface area contributed by atoms with Crippen molar-refractivity contribution in [1.29, 1.82) is 0 Å². The summed E-state index contributed by atoms with van der Waals surface area (Å²) in [5, 5.41) is 20.8. The molecule has 0 bridgehead atoms. The molecular weight excluding hydrogens is 294 g/mol. The van der Waals surface area contributed by atoms with Crippen molar-refractivity contribution in [3.63, 3.8) is 0 Å². The minimum absolute atomic E-state index is 0.00294. The van der Waals surface area contributed by atoms with Crippen LogP contribution in [0.2, 0.25) is 0 Å². The Morgan fingerprint density at radius 3 is 2.35 bits per heavy atom. The van der Waals surface area contributed by atoms with E-state index in [4.69, 9.17) is 0 Å². The van der Waals surface area contributed by atoms with Gasteiger partial charge in [0.2, 0.25) is 5.91 Å². The highest BCUT2D eigenvalue weighted by atomic mass is 16.3. The Morgan fingerprint density at radius 1 is 1.04 bits per heavy atom. The van der Waals surface area contributed by atoms with Crippen LogP contribution in [0, 0.1) is 11.8 Å². The van der Waals surface area contributed by atoms with Crippen molar-refractivity contribution >= 4 is 11.8 Å².